The molecule has 2 aromatic carbocycles. The standard InChI is InChI=1S/C16H12ClNO4/c17-12-4-2-1-3-10(12)16(20)11-8-14-13(21-5-6-22-14)7-9(11)15(19)18-16/h1-4,7-8,20H,5-6H2,(H,18,19)/t16-/m0/s1. The topological polar surface area (TPSA) is 67.8 Å². The molecule has 1 atom stereocenters. The molecule has 0 radical (unpaired) electrons. The Morgan fingerprint density at radius 1 is 1.09 bits per heavy atom. The van der Waals surface area contributed by atoms with Gasteiger partial charge in [-0.15, -0.1) is 0 Å². The summed E-state index contributed by atoms with van der Waals surface area (Å²) in [6.45, 7) is 0.861. The van der Waals surface area contributed by atoms with E-state index >= 15 is 0 Å². The number of rotatable bonds is 1. The third-order valence-electron chi connectivity index (χ3n) is 3.87. The summed E-state index contributed by atoms with van der Waals surface area (Å²) in [7, 11) is 0. The van der Waals surface area contributed by atoms with E-state index in [-0.39, 0.29) is 5.91 Å². The number of benzene rings is 2. The zero-order valence-corrected chi connectivity index (χ0v) is 12.2. The van der Waals surface area contributed by atoms with Crippen molar-refractivity contribution in [3.8, 4) is 11.5 Å². The molecule has 2 heterocycles. The average Bonchev–Trinajstić information content (AvgIpc) is 2.77. The average molecular weight is 318 g/mol. The van der Waals surface area contributed by atoms with E-state index in [0.29, 0.717) is 46.4 Å². The summed E-state index contributed by atoms with van der Waals surface area (Å²) < 4.78 is 11.0. The van der Waals surface area contributed by atoms with Crippen LogP contribution >= 0.6 is 11.6 Å². The van der Waals surface area contributed by atoms with Crippen LogP contribution in [0.25, 0.3) is 0 Å². The Kier molecular flexibility index (Phi) is 2.82. The van der Waals surface area contributed by atoms with Crippen molar-refractivity contribution < 1.29 is 19.4 Å². The predicted molar refractivity (Wildman–Crippen MR) is 79.3 cm³/mol. The number of carbonyl (C=O) groups is 1. The number of carbonyl (C=O) groups excluding carboxylic acids is 1. The maximum atomic E-state index is 12.2. The highest BCUT2D eigenvalue weighted by atomic mass is 35.5. The molecule has 22 heavy (non-hydrogen) atoms. The van der Waals surface area contributed by atoms with Gasteiger partial charge in [0, 0.05) is 16.1 Å². The number of hydrogen-bond donors (Lipinski definition) is 2. The van der Waals surface area contributed by atoms with E-state index in [1.54, 1.807) is 36.4 Å². The zero-order valence-electron chi connectivity index (χ0n) is 11.4. The minimum Gasteiger partial charge on any atom is -0.486 e. The van der Waals surface area contributed by atoms with Gasteiger partial charge in [-0.1, -0.05) is 29.8 Å². The third-order valence-corrected chi connectivity index (χ3v) is 4.20. The number of hydrogen-bond acceptors (Lipinski definition) is 4. The van der Waals surface area contributed by atoms with Gasteiger partial charge in [0.05, 0.1) is 5.56 Å². The first-order chi connectivity index (χ1) is 10.6. The minimum atomic E-state index is -1.68. The first kappa shape index (κ1) is 13.4. The summed E-state index contributed by atoms with van der Waals surface area (Å²) in [5.41, 5.74) is -0.498. The van der Waals surface area contributed by atoms with Crippen molar-refractivity contribution in [2.75, 3.05) is 13.2 Å². The monoisotopic (exact) mass is 317 g/mol. The van der Waals surface area contributed by atoms with E-state index in [0.717, 1.165) is 0 Å². The second kappa shape index (κ2) is 4.63. The highest BCUT2D eigenvalue weighted by Crippen LogP contribution is 2.43. The Morgan fingerprint density at radius 3 is 2.50 bits per heavy atom. The van der Waals surface area contributed by atoms with Crippen LogP contribution < -0.4 is 14.8 Å². The Labute approximate surface area is 131 Å². The van der Waals surface area contributed by atoms with Gasteiger partial charge >= 0.3 is 0 Å². The normalized spacial score (nSPS) is 22.2. The smallest absolute Gasteiger partial charge is 0.254 e. The number of aliphatic hydroxyl groups is 1. The Bertz CT molecular complexity index is 792. The van der Waals surface area contributed by atoms with Gasteiger partial charge in [0.15, 0.2) is 17.2 Å². The maximum absolute atomic E-state index is 12.2. The molecule has 0 aromatic heterocycles. The van der Waals surface area contributed by atoms with Gasteiger partial charge < -0.3 is 19.9 Å². The van der Waals surface area contributed by atoms with Crippen molar-refractivity contribution in [3.63, 3.8) is 0 Å². The molecule has 4 rings (SSSR count). The van der Waals surface area contributed by atoms with Crippen LogP contribution in [0.15, 0.2) is 36.4 Å². The summed E-state index contributed by atoms with van der Waals surface area (Å²) >= 11 is 6.18. The predicted octanol–water partition coefficient (Wildman–Crippen LogP) is 2.05. The fourth-order valence-electron chi connectivity index (χ4n) is 2.84. The molecule has 6 heteroatoms. The van der Waals surface area contributed by atoms with Gasteiger partial charge in [0.1, 0.15) is 13.2 Å². The molecule has 1 amide bonds. The largest absolute Gasteiger partial charge is 0.486 e. The van der Waals surface area contributed by atoms with Gasteiger partial charge in [0.2, 0.25) is 0 Å². The summed E-state index contributed by atoms with van der Waals surface area (Å²) in [5.74, 6) is 0.630. The molecule has 2 aromatic rings. The lowest BCUT2D eigenvalue weighted by Crippen LogP contribution is -2.40. The molecule has 0 unspecified atom stereocenters. The van der Waals surface area contributed by atoms with E-state index in [4.69, 9.17) is 21.1 Å². The molecule has 5 nitrogen and oxygen atoms in total. The molecule has 2 aliphatic rings. The Morgan fingerprint density at radius 2 is 1.77 bits per heavy atom. The molecule has 0 fully saturated rings. The maximum Gasteiger partial charge on any atom is 0.254 e. The number of nitrogens with one attached hydrogen (secondary N) is 1. The highest BCUT2D eigenvalue weighted by Gasteiger charge is 2.45. The van der Waals surface area contributed by atoms with Crippen molar-refractivity contribution in [2.24, 2.45) is 0 Å². The summed E-state index contributed by atoms with van der Waals surface area (Å²) in [4.78, 5) is 12.2. The molecule has 0 spiro atoms. The van der Waals surface area contributed by atoms with Gasteiger partial charge in [-0.25, -0.2) is 0 Å². The van der Waals surface area contributed by atoms with Gasteiger partial charge in [-0.05, 0) is 18.2 Å². The second-order valence-electron chi connectivity index (χ2n) is 5.19. The summed E-state index contributed by atoms with van der Waals surface area (Å²) in [6, 6.07) is 10.1. The number of ether oxygens (including phenoxy) is 2. The van der Waals surface area contributed by atoms with Crippen molar-refractivity contribution in [1.29, 1.82) is 0 Å². The van der Waals surface area contributed by atoms with Crippen molar-refractivity contribution in [1.82, 2.24) is 5.32 Å². The zero-order chi connectivity index (χ0) is 15.3. The second-order valence-corrected chi connectivity index (χ2v) is 5.59. The van der Waals surface area contributed by atoms with Gasteiger partial charge in [0.25, 0.3) is 5.91 Å². The first-order valence-corrected chi connectivity index (χ1v) is 7.21. The molecule has 0 aliphatic carbocycles. The molecule has 0 saturated carbocycles. The van der Waals surface area contributed by atoms with Crippen molar-refractivity contribution >= 4 is 17.5 Å². The number of amides is 1. The van der Waals surface area contributed by atoms with Gasteiger partial charge in [-0.2, -0.15) is 0 Å². The quantitative estimate of drug-likeness (QED) is 0.844. The minimum absolute atomic E-state index is 0.353. The molecule has 0 saturated heterocycles. The van der Waals surface area contributed by atoms with E-state index in [1.165, 1.54) is 0 Å². The molecule has 2 N–H and O–H groups in total. The lowest BCUT2D eigenvalue weighted by atomic mass is 9.94. The van der Waals surface area contributed by atoms with E-state index < -0.39 is 5.72 Å². The van der Waals surface area contributed by atoms with Crippen LogP contribution in [0.3, 0.4) is 0 Å². The van der Waals surface area contributed by atoms with Crippen LogP contribution in [0.1, 0.15) is 21.5 Å². The van der Waals surface area contributed by atoms with Crippen molar-refractivity contribution in [3.05, 3.63) is 58.1 Å². The first-order valence-electron chi connectivity index (χ1n) is 6.83. The lowest BCUT2D eigenvalue weighted by molar-refractivity contribution is 0.0474. The molecular formula is C16H12ClNO4. The van der Waals surface area contributed by atoms with Crippen molar-refractivity contribution in [2.45, 2.75) is 5.72 Å². The van der Waals surface area contributed by atoms with Crippen LogP contribution in [0.5, 0.6) is 11.5 Å². The highest BCUT2D eigenvalue weighted by molar-refractivity contribution is 6.31. The van der Waals surface area contributed by atoms with Crippen LogP contribution in [-0.2, 0) is 5.72 Å². The van der Waals surface area contributed by atoms with Crippen LogP contribution in [-0.4, -0.2) is 24.2 Å². The van der Waals surface area contributed by atoms with Gasteiger partial charge in [-0.3, -0.25) is 4.79 Å². The van der Waals surface area contributed by atoms with E-state index in [2.05, 4.69) is 5.32 Å². The molecule has 0 bridgehead atoms. The van der Waals surface area contributed by atoms with Crippen LogP contribution in [0.4, 0.5) is 0 Å². The third kappa shape index (κ3) is 1.79. The fourth-order valence-corrected chi connectivity index (χ4v) is 3.11. The lowest BCUT2D eigenvalue weighted by Gasteiger charge is -2.26. The Hall–Kier alpha value is -2.24. The summed E-state index contributed by atoms with van der Waals surface area (Å²) in [5, 5.41) is 14.0. The van der Waals surface area contributed by atoms with Crippen LogP contribution in [0, 0.1) is 0 Å². The van der Waals surface area contributed by atoms with E-state index in [9.17, 15) is 9.90 Å². The summed E-state index contributed by atoms with van der Waals surface area (Å²) in [6.07, 6.45) is 0. The van der Waals surface area contributed by atoms with E-state index in [1.807, 2.05) is 0 Å². The molecule has 112 valence electrons. The number of fused-ring (bicyclic) bond motifs is 2. The molecule has 2 aliphatic heterocycles. The SMILES string of the molecule is O=C1N[C@](O)(c2ccccc2Cl)c2cc3c(cc21)OCCO3. The fraction of sp³-hybridized carbons (Fsp3) is 0.188. The number of halogens is 1. The molecular weight excluding hydrogens is 306 g/mol. The van der Waals surface area contributed by atoms with Crippen LogP contribution in [0.2, 0.25) is 5.02 Å². The Balaban J connectivity index is 1.93.